The Morgan fingerprint density at radius 3 is 2.35 bits per heavy atom. The van der Waals surface area contributed by atoms with E-state index in [0.29, 0.717) is 12.2 Å². The monoisotopic (exact) mass is 268 g/mol. The van der Waals surface area contributed by atoms with Crippen molar-refractivity contribution in [1.29, 1.82) is 0 Å². The largest absolute Gasteiger partial charge is 0.489 e. The first-order chi connectivity index (χ1) is 9.65. The van der Waals surface area contributed by atoms with Gasteiger partial charge in [-0.2, -0.15) is 0 Å². The van der Waals surface area contributed by atoms with Crippen LogP contribution in [0.1, 0.15) is 18.1 Å². The first-order valence-corrected chi connectivity index (χ1v) is 6.33. The quantitative estimate of drug-likeness (QED) is 0.840. The zero-order valence-corrected chi connectivity index (χ0v) is 11.2. The molecular formula is C17H16O3. The Morgan fingerprint density at radius 1 is 1.10 bits per heavy atom. The minimum atomic E-state index is -0.938. The molecule has 0 atom stereocenters. The molecule has 0 fully saturated rings. The van der Waals surface area contributed by atoms with Gasteiger partial charge in [-0.15, -0.1) is 0 Å². The molecule has 0 saturated heterocycles. The van der Waals surface area contributed by atoms with E-state index in [1.54, 1.807) is 6.92 Å². The highest BCUT2D eigenvalue weighted by Crippen LogP contribution is 2.19. The lowest BCUT2D eigenvalue weighted by atomic mass is 10.1. The molecule has 102 valence electrons. The second-order valence-corrected chi connectivity index (χ2v) is 4.46. The van der Waals surface area contributed by atoms with Gasteiger partial charge in [-0.1, -0.05) is 42.5 Å². The highest BCUT2D eigenvalue weighted by Gasteiger charge is 2.00. The molecule has 0 aromatic heterocycles. The smallest absolute Gasteiger partial charge is 0.328 e. The summed E-state index contributed by atoms with van der Waals surface area (Å²) in [4.78, 5) is 10.6. The highest BCUT2D eigenvalue weighted by molar-refractivity contribution is 5.89. The van der Waals surface area contributed by atoms with Crippen molar-refractivity contribution in [2.24, 2.45) is 0 Å². The maximum Gasteiger partial charge on any atom is 0.328 e. The van der Waals surface area contributed by atoms with Gasteiger partial charge in [0.1, 0.15) is 12.4 Å². The lowest BCUT2D eigenvalue weighted by Gasteiger charge is -2.07. The fraction of sp³-hybridized carbons (Fsp3) is 0.118. The van der Waals surface area contributed by atoms with Crippen LogP contribution in [0.4, 0.5) is 0 Å². The summed E-state index contributed by atoms with van der Waals surface area (Å²) in [6.07, 6.45) is 1.19. The number of hydrogen-bond acceptors (Lipinski definition) is 2. The molecule has 0 aliphatic carbocycles. The number of aliphatic carboxylic acids is 1. The first kappa shape index (κ1) is 13.9. The number of ether oxygens (including phenoxy) is 1. The van der Waals surface area contributed by atoms with E-state index in [0.717, 1.165) is 16.9 Å². The Hall–Kier alpha value is -2.55. The van der Waals surface area contributed by atoms with E-state index in [2.05, 4.69) is 0 Å². The summed E-state index contributed by atoms with van der Waals surface area (Å²) >= 11 is 0. The lowest BCUT2D eigenvalue weighted by Crippen LogP contribution is -1.95. The number of benzene rings is 2. The molecule has 3 nitrogen and oxygen atoms in total. The Kier molecular flexibility index (Phi) is 4.56. The molecule has 0 amide bonds. The molecule has 2 rings (SSSR count). The third-order valence-corrected chi connectivity index (χ3v) is 2.90. The van der Waals surface area contributed by atoms with E-state index in [4.69, 9.17) is 9.84 Å². The van der Waals surface area contributed by atoms with E-state index in [1.807, 2.05) is 54.6 Å². The molecule has 1 N–H and O–H groups in total. The number of carboxylic acid groups (broad SMARTS) is 1. The van der Waals surface area contributed by atoms with Crippen molar-refractivity contribution in [2.45, 2.75) is 13.5 Å². The van der Waals surface area contributed by atoms with Crippen LogP contribution in [-0.4, -0.2) is 11.1 Å². The third kappa shape index (κ3) is 3.99. The van der Waals surface area contributed by atoms with Crippen molar-refractivity contribution in [3.8, 4) is 5.75 Å². The summed E-state index contributed by atoms with van der Waals surface area (Å²) in [6.45, 7) is 2.29. The van der Waals surface area contributed by atoms with Gasteiger partial charge in [0, 0.05) is 6.08 Å². The number of rotatable bonds is 5. The molecule has 0 heterocycles. The highest BCUT2D eigenvalue weighted by atomic mass is 16.5. The number of carbonyl (C=O) groups is 1. The van der Waals surface area contributed by atoms with Gasteiger partial charge in [-0.05, 0) is 35.8 Å². The van der Waals surface area contributed by atoms with Crippen LogP contribution in [0.3, 0.4) is 0 Å². The Labute approximate surface area is 118 Å². The average molecular weight is 268 g/mol. The topological polar surface area (TPSA) is 46.5 Å². The minimum absolute atomic E-state index is 0.518. The second kappa shape index (κ2) is 6.57. The van der Waals surface area contributed by atoms with Crippen LogP contribution in [0.25, 0.3) is 5.57 Å². The molecule has 0 unspecified atom stereocenters. The molecule has 0 aliphatic rings. The summed E-state index contributed by atoms with van der Waals surface area (Å²) in [6, 6.07) is 17.3. The van der Waals surface area contributed by atoms with Crippen LogP contribution in [0.5, 0.6) is 5.75 Å². The number of allylic oxidation sites excluding steroid dienone is 1. The van der Waals surface area contributed by atoms with Gasteiger partial charge in [0.15, 0.2) is 0 Å². The van der Waals surface area contributed by atoms with Gasteiger partial charge in [0.05, 0.1) is 0 Å². The summed E-state index contributed by atoms with van der Waals surface area (Å²) in [5.74, 6) is -0.173. The van der Waals surface area contributed by atoms with Crippen LogP contribution >= 0.6 is 0 Å². The van der Waals surface area contributed by atoms with Gasteiger partial charge in [-0.25, -0.2) is 4.79 Å². The average Bonchev–Trinajstić information content (AvgIpc) is 2.46. The van der Waals surface area contributed by atoms with Crippen molar-refractivity contribution >= 4 is 11.5 Å². The summed E-state index contributed by atoms with van der Waals surface area (Å²) < 4.78 is 5.67. The fourth-order valence-corrected chi connectivity index (χ4v) is 1.82. The van der Waals surface area contributed by atoms with E-state index in [9.17, 15) is 4.79 Å². The molecule has 0 radical (unpaired) electrons. The Morgan fingerprint density at radius 2 is 1.75 bits per heavy atom. The van der Waals surface area contributed by atoms with Crippen LogP contribution in [0.2, 0.25) is 0 Å². The van der Waals surface area contributed by atoms with E-state index in [-0.39, 0.29) is 0 Å². The standard InChI is InChI=1S/C17H16O3/c1-13(11-17(18)19)15-7-9-16(10-8-15)20-12-14-5-3-2-4-6-14/h2-11H,12H2,1H3,(H,18,19)/b13-11-. The molecule has 20 heavy (non-hydrogen) atoms. The molecule has 0 aliphatic heterocycles. The summed E-state index contributed by atoms with van der Waals surface area (Å²) in [5.41, 5.74) is 2.70. The van der Waals surface area contributed by atoms with Gasteiger partial charge in [0.25, 0.3) is 0 Å². The third-order valence-electron chi connectivity index (χ3n) is 2.90. The van der Waals surface area contributed by atoms with E-state index >= 15 is 0 Å². The predicted molar refractivity (Wildman–Crippen MR) is 78.5 cm³/mol. The van der Waals surface area contributed by atoms with Crippen molar-refractivity contribution in [3.63, 3.8) is 0 Å². The van der Waals surface area contributed by atoms with Crippen LogP contribution in [0, 0.1) is 0 Å². The molecule has 0 saturated carbocycles. The molecule has 0 bridgehead atoms. The maximum absolute atomic E-state index is 10.6. The first-order valence-electron chi connectivity index (χ1n) is 6.33. The Balaban J connectivity index is 2.00. The summed E-state index contributed by atoms with van der Waals surface area (Å²) in [5, 5.41) is 8.71. The number of carboxylic acids is 1. The van der Waals surface area contributed by atoms with E-state index < -0.39 is 5.97 Å². The van der Waals surface area contributed by atoms with Crippen LogP contribution in [0.15, 0.2) is 60.7 Å². The van der Waals surface area contributed by atoms with Gasteiger partial charge < -0.3 is 9.84 Å². The van der Waals surface area contributed by atoms with Gasteiger partial charge in [-0.3, -0.25) is 0 Å². The summed E-state index contributed by atoms with van der Waals surface area (Å²) in [7, 11) is 0. The van der Waals surface area contributed by atoms with Gasteiger partial charge in [0.2, 0.25) is 0 Å². The fourth-order valence-electron chi connectivity index (χ4n) is 1.82. The second-order valence-electron chi connectivity index (χ2n) is 4.46. The Bertz CT molecular complexity index is 598. The van der Waals surface area contributed by atoms with Crippen molar-refractivity contribution in [1.82, 2.24) is 0 Å². The molecule has 3 heteroatoms. The zero-order chi connectivity index (χ0) is 14.4. The lowest BCUT2D eigenvalue weighted by molar-refractivity contribution is -0.131. The molecular weight excluding hydrogens is 252 g/mol. The van der Waals surface area contributed by atoms with Crippen LogP contribution < -0.4 is 4.74 Å². The molecule has 2 aromatic carbocycles. The van der Waals surface area contributed by atoms with Crippen molar-refractivity contribution in [3.05, 3.63) is 71.8 Å². The predicted octanol–water partition coefficient (Wildman–Crippen LogP) is 3.75. The van der Waals surface area contributed by atoms with Crippen molar-refractivity contribution < 1.29 is 14.6 Å². The van der Waals surface area contributed by atoms with Crippen LogP contribution in [-0.2, 0) is 11.4 Å². The number of hydrogen-bond donors (Lipinski definition) is 1. The van der Waals surface area contributed by atoms with Crippen molar-refractivity contribution in [2.75, 3.05) is 0 Å². The van der Waals surface area contributed by atoms with E-state index in [1.165, 1.54) is 6.08 Å². The normalized spacial score (nSPS) is 11.2. The SMILES string of the molecule is C/C(=C/C(=O)O)c1ccc(OCc2ccccc2)cc1. The molecule has 0 spiro atoms. The van der Waals surface area contributed by atoms with Gasteiger partial charge >= 0.3 is 5.97 Å². The molecule has 2 aromatic rings. The maximum atomic E-state index is 10.6. The minimum Gasteiger partial charge on any atom is -0.489 e. The zero-order valence-electron chi connectivity index (χ0n) is 11.2.